The second-order valence-corrected chi connectivity index (χ2v) is 3.26. The Balaban J connectivity index is 2.09. The summed E-state index contributed by atoms with van der Waals surface area (Å²) in [5.41, 5.74) is 0.150. The molecule has 2 rings (SSSR count). The first-order chi connectivity index (χ1) is 4.81. The lowest BCUT2D eigenvalue weighted by Crippen LogP contribution is -2.43. The average molecular weight is 140 g/mol. The first-order valence-corrected chi connectivity index (χ1v) is 3.83. The van der Waals surface area contributed by atoms with E-state index in [0.717, 1.165) is 32.4 Å². The molecule has 2 saturated heterocycles. The lowest BCUT2D eigenvalue weighted by Gasteiger charge is -2.20. The predicted molar refractivity (Wildman–Crippen MR) is 37.6 cm³/mol. The fourth-order valence-corrected chi connectivity index (χ4v) is 1.84. The molecule has 1 spiro atoms. The van der Waals surface area contributed by atoms with E-state index < -0.39 is 0 Å². The molecule has 0 bridgehead atoms. The summed E-state index contributed by atoms with van der Waals surface area (Å²) < 4.78 is 0. The van der Waals surface area contributed by atoms with Gasteiger partial charge in [-0.15, -0.1) is 0 Å². The van der Waals surface area contributed by atoms with Crippen LogP contribution in [0.1, 0.15) is 19.3 Å². The van der Waals surface area contributed by atoms with Gasteiger partial charge in [-0.2, -0.15) is 0 Å². The van der Waals surface area contributed by atoms with Crippen LogP contribution < -0.4 is 10.6 Å². The summed E-state index contributed by atoms with van der Waals surface area (Å²) in [6.07, 6.45) is 2.86. The number of carbonyl (C=O) groups is 1. The van der Waals surface area contributed by atoms with Crippen LogP contribution >= 0.6 is 0 Å². The van der Waals surface area contributed by atoms with Crippen LogP contribution in [-0.2, 0) is 4.79 Å². The van der Waals surface area contributed by atoms with Crippen molar-refractivity contribution in [3.63, 3.8) is 0 Å². The third-order valence-corrected chi connectivity index (χ3v) is 2.48. The van der Waals surface area contributed by atoms with Crippen LogP contribution in [0.3, 0.4) is 0 Å². The van der Waals surface area contributed by atoms with E-state index in [1.165, 1.54) is 0 Å². The van der Waals surface area contributed by atoms with E-state index in [2.05, 4.69) is 10.6 Å². The zero-order valence-electron chi connectivity index (χ0n) is 5.94. The van der Waals surface area contributed by atoms with Crippen molar-refractivity contribution in [3.05, 3.63) is 0 Å². The van der Waals surface area contributed by atoms with Gasteiger partial charge in [-0.05, 0) is 19.4 Å². The molecule has 0 aromatic carbocycles. The van der Waals surface area contributed by atoms with Crippen molar-refractivity contribution in [3.8, 4) is 0 Å². The summed E-state index contributed by atoms with van der Waals surface area (Å²) in [7, 11) is 0. The van der Waals surface area contributed by atoms with Crippen LogP contribution in [0.5, 0.6) is 0 Å². The van der Waals surface area contributed by atoms with Crippen molar-refractivity contribution in [2.24, 2.45) is 0 Å². The second kappa shape index (κ2) is 1.95. The number of rotatable bonds is 0. The topological polar surface area (TPSA) is 41.1 Å². The van der Waals surface area contributed by atoms with Crippen LogP contribution in [0, 0.1) is 0 Å². The Hall–Kier alpha value is -0.570. The van der Waals surface area contributed by atoms with E-state index in [4.69, 9.17) is 0 Å². The first kappa shape index (κ1) is 6.16. The Morgan fingerprint density at radius 3 is 2.80 bits per heavy atom. The first-order valence-electron chi connectivity index (χ1n) is 3.83. The predicted octanol–water partition coefficient (Wildman–Crippen LogP) is -0.372. The van der Waals surface area contributed by atoms with Gasteiger partial charge in [0.25, 0.3) is 0 Å². The fraction of sp³-hybridized carbons (Fsp3) is 0.857. The van der Waals surface area contributed by atoms with Gasteiger partial charge in [0, 0.05) is 13.0 Å². The minimum Gasteiger partial charge on any atom is -0.349 e. The molecule has 2 heterocycles. The summed E-state index contributed by atoms with van der Waals surface area (Å²) in [4.78, 5) is 10.9. The van der Waals surface area contributed by atoms with Gasteiger partial charge in [-0.3, -0.25) is 4.79 Å². The minimum atomic E-state index is 0.150. The SMILES string of the molecule is O=C1CC[C@@]2(CCNC2)N1. The molecule has 56 valence electrons. The number of carbonyl (C=O) groups excluding carboxylic acids is 1. The largest absolute Gasteiger partial charge is 0.349 e. The van der Waals surface area contributed by atoms with Crippen LogP contribution in [0.2, 0.25) is 0 Å². The van der Waals surface area contributed by atoms with Crippen LogP contribution in [0.25, 0.3) is 0 Å². The van der Waals surface area contributed by atoms with Crippen molar-refractivity contribution in [2.45, 2.75) is 24.8 Å². The highest BCUT2D eigenvalue weighted by Gasteiger charge is 2.39. The maximum Gasteiger partial charge on any atom is 0.220 e. The number of hydrogen-bond acceptors (Lipinski definition) is 2. The highest BCUT2D eigenvalue weighted by atomic mass is 16.2. The van der Waals surface area contributed by atoms with Gasteiger partial charge in [-0.1, -0.05) is 0 Å². The van der Waals surface area contributed by atoms with Gasteiger partial charge in [0.15, 0.2) is 0 Å². The van der Waals surface area contributed by atoms with E-state index in [1.807, 2.05) is 0 Å². The van der Waals surface area contributed by atoms with E-state index in [-0.39, 0.29) is 11.4 Å². The average Bonchev–Trinajstić information content (AvgIpc) is 2.46. The summed E-state index contributed by atoms with van der Waals surface area (Å²) >= 11 is 0. The molecule has 0 aliphatic carbocycles. The lowest BCUT2D eigenvalue weighted by molar-refractivity contribution is -0.119. The molecule has 0 aromatic heterocycles. The molecule has 3 heteroatoms. The van der Waals surface area contributed by atoms with E-state index in [1.54, 1.807) is 0 Å². The number of nitrogens with one attached hydrogen (secondary N) is 2. The van der Waals surface area contributed by atoms with Gasteiger partial charge in [0.1, 0.15) is 0 Å². The third kappa shape index (κ3) is 0.814. The lowest BCUT2D eigenvalue weighted by atomic mass is 9.97. The molecule has 2 aliphatic rings. The zero-order chi connectivity index (χ0) is 7.03. The molecule has 10 heavy (non-hydrogen) atoms. The summed E-state index contributed by atoms with van der Waals surface area (Å²) in [6, 6.07) is 0. The molecule has 3 nitrogen and oxygen atoms in total. The second-order valence-electron chi connectivity index (χ2n) is 3.26. The third-order valence-electron chi connectivity index (χ3n) is 2.48. The summed E-state index contributed by atoms with van der Waals surface area (Å²) in [5, 5.41) is 6.29. The monoisotopic (exact) mass is 140 g/mol. The van der Waals surface area contributed by atoms with Crippen molar-refractivity contribution < 1.29 is 4.79 Å². The Labute approximate surface area is 60.2 Å². The van der Waals surface area contributed by atoms with Gasteiger partial charge >= 0.3 is 0 Å². The molecule has 0 unspecified atom stereocenters. The van der Waals surface area contributed by atoms with E-state index in [9.17, 15) is 4.79 Å². The number of hydrogen-bond donors (Lipinski definition) is 2. The molecule has 0 aromatic rings. The molecule has 2 aliphatic heterocycles. The highest BCUT2D eigenvalue weighted by molar-refractivity contribution is 5.79. The van der Waals surface area contributed by atoms with Gasteiger partial charge in [0.2, 0.25) is 5.91 Å². The Morgan fingerprint density at radius 2 is 2.30 bits per heavy atom. The molecule has 2 N–H and O–H groups in total. The zero-order valence-corrected chi connectivity index (χ0v) is 5.94. The van der Waals surface area contributed by atoms with Crippen molar-refractivity contribution in [1.82, 2.24) is 10.6 Å². The smallest absolute Gasteiger partial charge is 0.220 e. The van der Waals surface area contributed by atoms with Crippen molar-refractivity contribution in [1.29, 1.82) is 0 Å². The number of amides is 1. The Bertz CT molecular complexity index is 161. The maximum absolute atomic E-state index is 10.9. The fourth-order valence-electron chi connectivity index (χ4n) is 1.84. The van der Waals surface area contributed by atoms with Crippen LogP contribution in [0.4, 0.5) is 0 Å². The van der Waals surface area contributed by atoms with E-state index >= 15 is 0 Å². The van der Waals surface area contributed by atoms with Gasteiger partial charge in [-0.25, -0.2) is 0 Å². The molecule has 0 saturated carbocycles. The van der Waals surface area contributed by atoms with Crippen molar-refractivity contribution in [2.75, 3.05) is 13.1 Å². The standard InChI is InChI=1S/C7H12N2O/c10-6-1-2-7(9-6)3-4-8-5-7/h8H,1-5H2,(H,9,10)/t7-/m0/s1. The molecular weight excluding hydrogens is 128 g/mol. The highest BCUT2D eigenvalue weighted by Crippen LogP contribution is 2.25. The molecule has 1 amide bonds. The Kier molecular flexibility index (Phi) is 1.20. The van der Waals surface area contributed by atoms with Crippen LogP contribution in [-0.4, -0.2) is 24.5 Å². The maximum atomic E-state index is 10.9. The normalized spacial score (nSPS) is 39.0. The van der Waals surface area contributed by atoms with Crippen LogP contribution in [0.15, 0.2) is 0 Å². The Morgan fingerprint density at radius 1 is 1.40 bits per heavy atom. The molecular formula is C7H12N2O. The van der Waals surface area contributed by atoms with E-state index in [0.29, 0.717) is 0 Å². The minimum absolute atomic E-state index is 0.150. The molecule has 1 atom stereocenters. The van der Waals surface area contributed by atoms with Gasteiger partial charge in [0.05, 0.1) is 5.54 Å². The molecule has 2 fully saturated rings. The quantitative estimate of drug-likeness (QED) is 0.482. The van der Waals surface area contributed by atoms with Gasteiger partial charge < -0.3 is 10.6 Å². The summed E-state index contributed by atoms with van der Waals surface area (Å²) in [5.74, 6) is 0.226. The molecule has 0 radical (unpaired) electrons. The van der Waals surface area contributed by atoms with Crippen molar-refractivity contribution >= 4 is 5.91 Å². The summed E-state index contributed by atoms with van der Waals surface area (Å²) in [6.45, 7) is 2.03.